The molecule has 2 aromatic rings. The molecule has 0 aliphatic carbocycles. The maximum absolute atomic E-state index is 13.5. The van der Waals surface area contributed by atoms with E-state index in [0.29, 0.717) is 17.7 Å². The quantitative estimate of drug-likeness (QED) is 0.775. The van der Waals surface area contributed by atoms with Crippen LogP contribution in [0.1, 0.15) is 35.2 Å². The van der Waals surface area contributed by atoms with Gasteiger partial charge in [-0.3, -0.25) is 4.79 Å². The molecule has 3 rings (SSSR count). The van der Waals surface area contributed by atoms with E-state index in [-0.39, 0.29) is 23.9 Å². The highest BCUT2D eigenvalue weighted by Crippen LogP contribution is 2.32. The number of carbonyl (C=O) groups excluding carboxylic acids is 1. The van der Waals surface area contributed by atoms with E-state index in [1.807, 2.05) is 18.2 Å². The van der Waals surface area contributed by atoms with Crippen molar-refractivity contribution >= 4 is 11.5 Å². The van der Waals surface area contributed by atoms with Crippen LogP contribution in [-0.4, -0.2) is 23.4 Å². The van der Waals surface area contributed by atoms with Gasteiger partial charge in [-0.05, 0) is 37.0 Å². The van der Waals surface area contributed by atoms with E-state index in [1.165, 1.54) is 0 Å². The fourth-order valence-electron chi connectivity index (χ4n) is 3.24. The van der Waals surface area contributed by atoms with E-state index < -0.39 is 6.08 Å². The second-order valence-electron chi connectivity index (χ2n) is 5.97. The van der Waals surface area contributed by atoms with Crippen molar-refractivity contribution in [1.29, 1.82) is 0 Å². The van der Waals surface area contributed by atoms with Crippen LogP contribution in [0.5, 0.6) is 0 Å². The van der Waals surface area contributed by atoms with Crippen LogP contribution in [0, 0.1) is 0 Å². The Morgan fingerprint density at radius 1 is 0.958 bits per heavy atom. The van der Waals surface area contributed by atoms with Crippen LogP contribution in [0.4, 0.5) is 8.78 Å². The monoisotopic (exact) mass is 327 g/mol. The van der Waals surface area contributed by atoms with Gasteiger partial charge in [0.15, 0.2) is 0 Å². The van der Waals surface area contributed by atoms with Gasteiger partial charge in [0, 0.05) is 23.7 Å². The Morgan fingerprint density at radius 3 is 2.12 bits per heavy atom. The van der Waals surface area contributed by atoms with Gasteiger partial charge in [-0.1, -0.05) is 48.5 Å². The zero-order chi connectivity index (χ0) is 16.9. The number of nitrogens with zero attached hydrogens (tertiary/aromatic N) is 1. The Morgan fingerprint density at radius 2 is 1.54 bits per heavy atom. The van der Waals surface area contributed by atoms with E-state index in [0.717, 1.165) is 12.8 Å². The predicted molar refractivity (Wildman–Crippen MR) is 90.7 cm³/mol. The number of rotatable bonds is 4. The van der Waals surface area contributed by atoms with Gasteiger partial charge in [0.05, 0.1) is 0 Å². The molecule has 1 saturated heterocycles. The number of benzene rings is 2. The van der Waals surface area contributed by atoms with Crippen LogP contribution in [0.2, 0.25) is 0 Å². The lowest BCUT2D eigenvalue weighted by Crippen LogP contribution is -2.35. The molecule has 1 atom stereocenters. The Labute approximate surface area is 140 Å². The van der Waals surface area contributed by atoms with E-state index in [2.05, 4.69) is 0 Å². The molecular weight excluding hydrogens is 308 g/mol. The summed E-state index contributed by atoms with van der Waals surface area (Å²) in [6.45, 7) is 0.619. The Hall–Kier alpha value is -2.49. The predicted octanol–water partition coefficient (Wildman–Crippen LogP) is 4.99. The molecule has 1 aliphatic heterocycles. The van der Waals surface area contributed by atoms with Crippen LogP contribution in [0.15, 0.2) is 66.7 Å². The molecule has 2 aromatic carbocycles. The summed E-state index contributed by atoms with van der Waals surface area (Å²) in [6, 6.07) is 17.5. The smallest absolute Gasteiger partial charge is 0.274 e. The van der Waals surface area contributed by atoms with Gasteiger partial charge in [0.2, 0.25) is 0 Å². The molecule has 1 aliphatic rings. The van der Waals surface area contributed by atoms with Gasteiger partial charge in [0.1, 0.15) is 0 Å². The maximum Gasteiger partial charge on any atom is 0.274 e. The van der Waals surface area contributed by atoms with Gasteiger partial charge in [-0.15, -0.1) is 0 Å². The third-order valence-electron chi connectivity index (χ3n) is 4.45. The molecule has 1 amide bonds. The minimum absolute atomic E-state index is 0.0355. The summed E-state index contributed by atoms with van der Waals surface area (Å²) < 4.78 is 26.9. The summed E-state index contributed by atoms with van der Waals surface area (Å²) in [7, 11) is 0. The second-order valence-corrected chi connectivity index (χ2v) is 5.97. The fraction of sp³-hybridized carbons (Fsp3) is 0.250. The highest BCUT2D eigenvalue weighted by atomic mass is 19.3. The topological polar surface area (TPSA) is 20.3 Å². The first-order chi connectivity index (χ1) is 11.7. The highest BCUT2D eigenvalue weighted by Gasteiger charge is 2.31. The summed E-state index contributed by atoms with van der Waals surface area (Å²) in [5.41, 5.74) is 1.17. The summed E-state index contributed by atoms with van der Waals surface area (Å²) >= 11 is 0. The van der Waals surface area contributed by atoms with Crippen LogP contribution in [0.25, 0.3) is 5.57 Å². The molecule has 124 valence electrons. The Bertz CT molecular complexity index is 724. The normalized spacial score (nSPS) is 16.9. The minimum Gasteiger partial charge on any atom is -0.335 e. The van der Waals surface area contributed by atoms with Gasteiger partial charge < -0.3 is 4.90 Å². The lowest BCUT2D eigenvalue weighted by Gasteiger charge is -2.25. The SMILES string of the molecule is O=C(c1ccccc1)N1CCCC1CC(=C(F)F)c1ccccc1. The second kappa shape index (κ2) is 7.39. The molecule has 0 aromatic heterocycles. The van der Waals surface area contributed by atoms with Crippen molar-refractivity contribution in [3.63, 3.8) is 0 Å². The lowest BCUT2D eigenvalue weighted by molar-refractivity contribution is 0.0739. The van der Waals surface area contributed by atoms with Crippen LogP contribution in [-0.2, 0) is 0 Å². The number of hydrogen-bond donors (Lipinski definition) is 0. The zero-order valence-electron chi connectivity index (χ0n) is 13.3. The van der Waals surface area contributed by atoms with E-state index in [9.17, 15) is 13.6 Å². The maximum atomic E-state index is 13.5. The van der Waals surface area contributed by atoms with E-state index in [1.54, 1.807) is 47.4 Å². The van der Waals surface area contributed by atoms with Crippen molar-refractivity contribution in [2.24, 2.45) is 0 Å². The van der Waals surface area contributed by atoms with Crippen molar-refractivity contribution in [2.45, 2.75) is 25.3 Å². The first kappa shape index (κ1) is 16.4. The van der Waals surface area contributed by atoms with E-state index >= 15 is 0 Å². The standard InChI is InChI=1S/C20H19F2NO/c21-19(22)18(15-8-3-1-4-9-15)14-17-12-7-13-23(17)20(24)16-10-5-2-6-11-16/h1-6,8-11,17H,7,12-14H2. The average Bonchev–Trinajstić information content (AvgIpc) is 3.08. The average molecular weight is 327 g/mol. The highest BCUT2D eigenvalue weighted by molar-refractivity contribution is 5.94. The summed E-state index contributed by atoms with van der Waals surface area (Å²) in [5, 5.41) is 0. The number of hydrogen-bond acceptors (Lipinski definition) is 1. The van der Waals surface area contributed by atoms with Gasteiger partial charge in [-0.25, -0.2) is 0 Å². The molecule has 0 bridgehead atoms. The third-order valence-corrected chi connectivity index (χ3v) is 4.45. The molecule has 1 unspecified atom stereocenters. The zero-order valence-corrected chi connectivity index (χ0v) is 13.3. The third kappa shape index (κ3) is 3.53. The largest absolute Gasteiger partial charge is 0.335 e. The molecule has 1 fully saturated rings. The molecule has 0 radical (unpaired) electrons. The van der Waals surface area contributed by atoms with Gasteiger partial charge >= 0.3 is 0 Å². The molecular formula is C20H19F2NO. The van der Waals surface area contributed by atoms with Crippen molar-refractivity contribution in [3.05, 3.63) is 77.9 Å². The molecule has 2 nitrogen and oxygen atoms in total. The minimum atomic E-state index is -1.67. The summed E-state index contributed by atoms with van der Waals surface area (Å²) in [6.07, 6.45) is 0.118. The van der Waals surface area contributed by atoms with Gasteiger partial charge in [-0.2, -0.15) is 8.78 Å². The molecule has 1 heterocycles. The molecule has 0 spiro atoms. The van der Waals surface area contributed by atoms with Crippen LogP contribution < -0.4 is 0 Å². The Balaban J connectivity index is 1.81. The van der Waals surface area contributed by atoms with Crippen LogP contribution in [0.3, 0.4) is 0 Å². The number of likely N-dealkylation sites (tertiary alicyclic amines) is 1. The number of halogens is 2. The van der Waals surface area contributed by atoms with Gasteiger partial charge in [0.25, 0.3) is 12.0 Å². The Kier molecular flexibility index (Phi) is 5.04. The molecule has 24 heavy (non-hydrogen) atoms. The van der Waals surface area contributed by atoms with Crippen molar-refractivity contribution in [3.8, 4) is 0 Å². The fourth-order valence-corrected chi connectivity index (χ4v) is 3.24. The first-order valence-electron chi connectivity index (χ1n) is 8.12. The summed E-state index contributed by atoms with van der Waals surface area (Å²) in [4.78, 5) is 14.4. The van der Waals surface area contributed by atoms with E-state index in [4.69, 9.17) is 0 Å². The lowest BCUT2D eigenvalue weighted by atomic mass is 9.98. The van der Waals surface area contributed by atoms with Crippen molar-refractivity contribution < 1.29 is 13.6 Å². The van der Waals surface area contributed by atoms with Crippen molar-refractivity contribution in [1.82, 2.24) is 4.90 Å². The molecule has 0 N–H and O–H groups in total. The first-order valence-corrected chi connectivity index (χ1v) is 8.12. The molecule has 4 heteroatoms. The number of amides is 1. The number of carbonyl (C=O) groups is 1. The van der Waals surface area contributed by atoms with Crippen molar-refractivity contribution in [2.75, 3.05) is 6.54 Å². The molecule has 0 saturated carbocycles. The summed E-state index contributed by atoms with van der Waals surface area (Å²) in [5.74, 6) is -0.0789. The van der Waals surface area contributed by atoms with Crippen LogP contribution >= 0.6 is 0 Å².